The van der Waals surface area contributed by atoms with Gasteiger partial charge in [0.25, 0.3) is 10.0 Å². The van der Waals surface area contributed by atoms with Crippen molar-refractivity contribution >= 4 is 56.2 Å². The Morgan fingerprint density at radius 1 is 1.43 bits per heavy atom. The Morgan fingerprint density at radius 3 is 2.71 bits per heavy atom. The van der Waals surface area contributed by atoms with Crippen molar-refractivity contribution in [1.82, 2.24) is 9.78 Å². The van der Waals surface area contributed by atoms with Gasteiger partial charge in [0.1, 0.15) is 15.7 Å². The molecule has 0 unspecified atom stereocenters. The first-order chi connectivity index (χ1) is 9.72. The van der Waals surface area contributed by atoms with Crippen molar-refractivity contribution < 1.29 is 8.42 Å². The first kappa shape index (κ1) is 16.0. The SMILES string of the molecule is Cn1ncc(C(N)=S)c1NS(=O)(=O)c1cc(Cl)ccc1Cl. The number of nitrogens with zero attached hydrogens (tertiary/aromatic N) is 2. The predicted molar refractivity (Wildman–Crippen MR) is 86.4 cm³/mol. The van der Waals surface area contributed by atoms with Gasteiger partial charge in [0, 0.05) is 12.1 Å². The van der Waals surface area contributed by atoms with Crippen LogP contribution in [0.2, 0.25) is 10.0 Å². The topological polar surface area (TPSA) is 90.0 Å². The summed E-state index contributed by atoms with van der Waals surface area (Å²) in [5.41, 5.74) is 5.85. The van der Waals surface area contributed by atoms with Crippen LogP contribution in [0.3, 0.4) is 0 Å². The van der Waals surface area contributed by atoms with Crippen LogP contribution in [0.15, 0.2) is 29.3 Å². The number of aryl methyl sites for hydroxylation is 1. The van der Waals surface area contributed by atoms with Crippen LogP contribution in [0, 0.1) is 0 Å². The summed E-state index contributed by atoms with van der Waals surface area (Å²) in [7, 11) is -2.40. The molecule has 0 aliphatic rings. The van der Waals surface area contributed by atoms with E-state index in [1.165, 1.54) is 29.1 Å². The van der Waals surface area contributed by atoms with E-state index in [-0.39, 0.29) is 25.7 Å². The maximum atomic E-state index is 12.4. The second kappa shape index (κ2) is 5.80. The Morgan fingerprint density at radius 2 is 2.10 bits per heavy atom. The molecule has 10 heteroatoms. The highest BCUT2D eigenvalue weighted by Gasteiger charge is 2.22. The van der Waals surface area contributed by atoms with Crippen LogP contribution in [0.25, 0.3) is 0 Å². The van der Waals surface area contributed by atoms with Gasteiger partial charge in [-0.2, -0.15) is 5.10 Å². The first-order valence-electron chi connectivity index (χ1n) is 5.52. The van der Waals surface area contributed by atoms with E-state index >= 15 is 0 Å². The van der Waals surface area contributed by atoms with Crippen LogP contribution in [0.5, 0.6) is 0 Å². The molecule has 2 aromatic rings. The lowest BCUT2D eigenvalue weighted by Crippen LogP contribution is -2.19. The van der Waals surface area contributed by atoms with Gasteiger partial charge >= 0.3 is 0 Å². The molecular formula is C11H10Cl2N4O2S2. The summed E-state index contributed by atoms with van der Waals surface area (Å²) in [6.07, 6.45) is 1.37. The maximum Gasteiger partial charge on any atom is 0.264 e. The lowest BCUT2D eigenvalue weighted by atomic mass is 10.3. The number of hydrogen-bond acceptors (Lipinski definition) is 4. The number of thiocarbonyl (C=S) groups is 1. The molecule has 1 heterocycles. The van der Waals surface area contributed by atoms with E-state index < -0.39 is 10.0 Å². The summed E-state index contributed by atoms with van der Waals surface area (Å²) >= 11 is 16.6. The minimum atomic E-state index is -3.96. The fourth-order valence-electron chi connectivity index (χ4n) is 1.60. The molecule has 112 valence electrons. The van der Waals surface area contributed by atoms with Crippen LogP contribution in [0.1, 0.15) is 5.56 Å². The number of anilines is 1. The Balaban J connectivity index is 2.50. The Kier molecular flexibility index (Phi) is 4.43. The van der Waals surface area contributed by atoms with E-state index in [2.05, 4.69) is 9.82 Å². The van der Waals surface area contributed by atoms with Gasteiger partial charge in [-0.1, -0.05) is 35.4 Å². The van der Waals surface area contributed by atoms with Crippen LogP contribution in [-0.2, 0) is 17.1 Å². The third-order valence-electron chi connectivity index (χ3n) is 2.62. The molecule has 3 N–H and O–H groups in total. The van der Waals surface area contributed by atoms with Crippen molar-refractivity contribution in [3.8, 4) is 0 Å². The van der Waals surface area contributed by atoms with E-state index in [0.717, 1.165) is 0 Å². The van der Waals surface area contributed by atoms with E-state index in [4.69, 9.17) is 41.2 Å². The molecule has 1 aromatic heterocycles. The Hall–Kier alpha value is -1.35. The van der Waals surface area contributed by atoms with Crippen molar-refractivity contribution in [1.29, 1.82) is 0 Å². The van der Waals surface area contributed by atoms with Gasteiger partial charge < -0.3 is 5.73 Å². The van der Waals surface area contributed by atoms with E-state index in [9.17, 15) is 8.42 Å². The normalized spacial score (nSPS) is 11.4. The third kappa shape index (κ3) is 3.29. The highest BCUT2D eigenvalue weighted by atomic mass is 35.5. The molecule has 0 atom stereocenters. The van der Waals surface area contributed by atoms with Gasteiger partial charge in [0.05, 0.1) is 16.8 Å². The molecule has 0 saturated heterocycles. The number of rotatable bonds is 4. The number of nitrogens with two attached hydrogens (primary N) is 1. The lowest BCUT2D eigenvalue weighted by molar-refractivity contribution is 0.600. The van der Waals surface area contributed by atoms with Crippen molar-refractivity contribution in [3.63, 3.8) is 0 Å². The van der Waals surface area contributed by atoms with E-state index in [1.54, 1.807) is 7.05 Å². The zero-order chi connectivity index (χ0) is 15.8. The standard InChI is InChI=1S/C11H10Cl2N4O2S2/c1-17-11(7(5-15-17)10(14)20)16-21(18,19)9-4-6(12)2-3-8(9)13/h2-5,16H,1H3,(H2,14,20). The molecule has 21 heavy (non-hydrogen) atoms. The largest absolute Gasteiger partial charge is 0.389 e. The molecule has 0 amide bonds. The Labute approximate surface area is 136 Å². The maximum absolute atomic E-state index is 12.4. The summed E-state index contributed by atoms with van der Waals surface area (Å²) in [4.78, 5) is -0.121. The van der Waals surface area contributed by atoms with Gasteiger partial charge in [-0.25, -0.2) is 8.42 Å². The zero-order valence-corrected chi connectivity index (χ0v) is 13.8. The fraction of sp³-hybridized carbons (Fsp3) is 0.0909. The number of nitrogens with one attached hydrogen (secondary N) is 1. The molecule has 2 rings (SSSR count). The average molecular weight is 365 g/mol. The molecule has 0 saturated carbocycles. The van der Waals surface area contributed by atoms with E-state index in [0.29, 0.717) is 5.56 Å². The summed E-state index contributed by atoms with van der Waals surface area (Å²) < 4.78 is 28.5. The molecule has 0 bridgehead atoms. The molecule has 0 aliphatic heterocycles. The van der Waals surface area contributed by atoms with Crippen molar-refractivity contribution in [2.24, 2.45) is 12.8 Å². The molecule has 0 radical (unpaired) electrons. The summed E-state index contributed by atoms with van der Waals surface area (Å²) in [6.45, 7) is 0. The molecular weight excluding hydrogens is 355 g/mol. The third-order valence-corrected chi connectivity index (χ3v) is 4.89. The predicted octanol–water partition coefficient (Wildman–Crippen LogP) is 2.16. The van der Waals surface area contributed by atoms with Crippen molar-refractivity contribution in [2.45, 2.75) is 4.90 Å². The number of aromatic nitrogens is 2. The van der Waals surface area contributed by atoms with Gasteiger partial charge in [0.15, 0.2) is 0 Å². The van der Waals surface area contributed by atoms with Crippen LogP contribution in [0.4, 0.5) is 5.82 Å². The van der Waals surface area contributed by atoms with Crippen molar-refractivity contribution in [3.05, 3.63) is 40.0 Å². The van der Waals surface area contributed by atoms with Crippen LogP contribution in [-0.4, -0.2) is 23.2 Å². The second-order valence-electron chi connectivity index (χ2n) is 4.07. The minimum absolute atomic E-state index is 0.0259. The molecule has 1 aromatic carbocycles. The monoisotopic (exact) mass is 364 g/mol. The summed E-state index contributed by atoms with van der Waals surface area (Å²) in [5.74, 6) is 0.151. The highest BCUT2D eigenvalue weighted by Crippen LogP contribution is 2.27. The quantitative estimate of drug-likeness (QED) is 0.811. The number of benzene rings is 1. The van der Waals surface area contributed by atoms with Gasteiger partial charge in [-0.3, -0.25) is 9.40 Å². The van der Waals surface area contributed by atoms with Gasteiger partial charge in [0.2, 0.25) is 0 Å². The molecule has 6 nitrogen and oxygen atoms in total. The van der Waals surface area contributed by atoms with Crippen molar-refractivity contribution in [2.75, 3.05) is 4.72 Å². The average Bonchev–Trinajstić information content (AvgIpc) is 2.73. The van der Waals surface area contributed by atoms with Gasteiger partial charge in [-0.15, -0.1) is 0 Å². The zero-order valence-electron chi connectivity index (χ0n) is 10.7. The lowest BCUT2D eigenvalue weighted by Gasteiger charge is -2.11. The minimum Gasteiger partial charge on any atom is -0.389 e. The fourth-order valence-corrected chi connectivity index (χ4v) is 3.63. The van der Waals surface area contributed by atoms with Crippen LogP contribution < -0.4 is 10.5 Å². The summed E-state index contributed by atoms with van der Waals surface area (Å²) in [6, 6.07) is 4.15. The highest BCUT2D eigenvalue weighted by molar-refractivity contribution is 7.92. The van der Waals surface area contributed by atoms with Crippen LogP contribution >= 0.6 is 35.4 Å². The summed E-state index contributed by atoms with van der Waals surface area (Å²) in [5, 5.41) is 4.22. The smallest absolute Gasteiger partial charge is 0.264 e. The van der Waals surface area contributed by atoms with E-state index in [1.807, 2.05) is 0 Å². The van der Waals surface area contributed by atoms with Gasteiger partial charge in [-0.05, 0) is 18.2 Å². The molecule has 0 aliphatic carbocycles. The number of hydrogen-bond donors (Lipinski definition) is 2. The molecule has 0 spiro atoms. The number of sulfonamides is 1. The second-order valence-corrected chi connectivity index (χ2v) is 7.01. The number of halogens is 2. The Bertz CT molecular complexity index is 818. The first-order valence-corrected chi connectivity index (χ1v) is 8.17. The molecule has 0 fully saturated rings.